The second-order valence-electron chi connectivity index (χ2n) is 4.90. The van der Waals surface area contributed by atoms with E-state index in [1.807, 2.05) is 0 Å². The molecular formula is C16H12ClF2NO. The zero-order chi connectivity index (χ0) is 15.1. The highest BCUT2D eigenvalue weighted by Crippen LogP contribution is 2.31. The third-order valence-corrected chi connectivity index (χ3v) is 3.67. The second-order valence-corrected chi connectivity index (χ2v) is 5.34. The fourth-order valence-electron chi connectivity index (χ4n) is 2.29. The lowest BCUT2D eigenvalue weighted by atomic mass is 10.0. The molecule has 1 aromatic heterocycles. The maximum atomic E-state index is 14.1. The van der Waals surface area contributed by atoms with E-state index in [2.05, 4.69) is 0 Å². The van der Waals surface area contributed by atoms with Crippen LogP contribution in [0.3, 0.4) is 0 Å². The van der Waals surface area contributed by atoms with Crippen molar-refractivity contribution < 1.29 is 13.2 Å². The predicted molar refractivity (Wildman–Crippen MR) is 78.3 cm³/mol. The molecule has 3 rings (SSSR count). The van der Waals surface area contributed by atoms with Gasteiger partial charge in [-0.15, -0.1) is 0 Å². The Hall–Kier alpha value is -1.91. The van der Waals surface area contributed by atoms with Gasteiger partial charge in [0, 0.05) is 16.0 Å². The van der Waals surface area contributed by atoms with E-state index >= 15 is 0 Å². The number of halogens is 3. The quantitative estimate of drug-likeness (QED) is 0.744. The molecule has 3 aromatic rings. The fraction of sp³-hybridized carbons (Fsp3) is 0.125. The first-order valence-electron chi connectivity index (χ1n) is 6.36. The van der Waals surface area contributed by atoms with Crippen molar-refractivity contribution in [1.29, 1.82) is 0 Å². The van der Waals surface area contributed by atoms with Crippen molar-refractivity contribution in [2.75, 3.05) is 0 Å². The molecule has 1 heterocycles. The number of rotatable bonds is 2. The first kappa shape index (κ1) is 14.0. The number of hydrogen-bond donors (Lipinski definition) is 1. The van der Waals surface area contributed by atoms with Crippen LogP contribution in [0.15, 0.2) is 40.8 Å². The van der Waals surface area contributed by atoms with E-state index in [4.69, 9.17) is 21.8 Å². The van der Waals surface area contributed by atoms with Crippen molar-refractivity contribution >= 4 is 22.6 Å². The van der Waals surface area contributed by atoms with E-state index in [-0.39, 0.29) is 11.3 Å². The molecule has 1 unspecified atom stereocenters. The molecular weight excluding hydrogens is 296 g/mol. The van der Waals surface area contributed by atoms with Gasteiger partial charge in [-0.1, -0.05) is 17.7 Å². The molecule has 0 radical (unpaired) electrons. The summed E-state index contributed by atoms with van der Waals surface area (Å²) in [5.41, 5.74) is 6.69. The van der Waals surface area contributed by atoms with E-state index in [9.17, 15) is 8.78 Å². The van der Waals surface area contributed by atoms with Gasteiger partial charge in [0.25, 0.3) is 0 Å². The third-order valence-electron chi connectivity index (χ3n) is 3.43. The molecule has 0 saturated heterocycles. The summed E-state index contributed by atoms with van der Waals surface area (Å²) >= 11 is 5.90. The lowest BCUT2D eigenvalue weighted by molar-refractivity contribution is 0.485. The normalized spacial score (nSPS) is 12.8. The average Bonchev–Trinajstić information content (AvgIpc) is 2.86. The van der Waals surface area contributed by atoms with Crippen LogP contribution in [0.5, 0.6) is 0 Å². The zero-order valence-electron chi connectivity index (χ0n) is 11.2. The number of benzene rings is 2. The average molecular weight is 308 g/mol. The molecule has 0 fully saturated rings. The maximum absolute atomic E-state index is 14.1. The Bertz CT molecular complexity index is 829. The van der Waals surface area contributed by atoms with Crippen molar-refractivity contribution in [3.63, 3.8) is 0 Å². The van der Waals surface area contributed by atoms with Gasteiger partial charge in [-0.05, 0) is 42.8 Å². The van der Waals surface area contributed by atoms with Crippen molar-refractivity contribution in [1.82, 2.24) is 0 Å². The fourth-order valence-corrected chi connectivity index (χ4v) is 2.47. The van der Waals surface area contributed by atoms with E-state index < -0.39 is 17.7 Å². The topological polar surface area (TPSA) is 39.2 Å². The minimum atomic E-state index is -1.02. The first-order chi connectivity index (χ1) is 9.97. The Morgan fingerprint density at radius 3 is 2.67 bits per heavy atom. The van der Waals surface area contributed by atoms with E-state index in [0.29, 0.717) is 16.2 Å². The number of aryl methyl sites for hydroxylation is 1. The molecule has 1 atom stereocenters. The summed E-state index contributed by atoms with van der Waals surface area (Å²) in [6.45, 7) is 1.56. The molecule has 108 valence electrons. The lowest BCUT2D eigenvalue weighted by Crippen LogP contribution is -2.15. The lowest BCUT2D eigenvalue weighted by Gasteiger charge is -2.12. The molecule has 0 bridgehead atoms. The largest absolute Gasteiger partial charge is 0.459 e. The Morgan fingerprint density at radius 2 is 1.90 bits per heavy atom. The Morgan fingerprint density at radius 1 is 1.14 bits per heavy atom. The molecule has 0 aliphatic heterocycles. The minimum Gasteiger partial charge on any atom is -0.459 e. The standard InChI is InChI=1S/C16H12ClF2NO/c1-8-2-4-11(18)14(15(8)19)16(20)13-7-9-6-10(17)3-5-12(9)21-13/h2-7,16H,20H2,1H3. The highest BCUT2D eigenvalue weighted by Gasteiger charge is 2.23. The highest BCUT2D eigenvalue weighted by atomic mass is 35.5. The van der Waals surface area contributed by atoms with Crippen LogP contribution in [0, 0.1) is 18.6 Å². The summed E-state index contributed by atoms with van der Waals surface area (Å²) in [5, 5.41) is 1.29. The van der Waals surface area contributed by atoms with Gasteiger partial charge in [0.1, 0.15) is 23.0 Å². The summed E-state index contributed by atoms with van der Waals surface area (Å²) in [5.74, 6) is -1.05. The van der Waals surface area contributed by atoms with E-state index in [1.54, 1.807) is 31.2 Å². The summed E-state index contributed by atoms with van der Waals surface area (Å²) in [6, 6.07) is 8.28. The van der Waals surface area contributed by atoms with Gasteiger partial charge < -0.3 is 10.2 Å². The summed E-state index contributed by atoms with van der Waals surface area (Å²) < 4.78 is 33.6. The van der Waals surface area contributed by atoms with Crippen molar-refractivity contribution in [2.24, 2.45) is 5.73 Å². The molecule has 2 N–H and O–H groups in total. The van der Waals surface area contributed by atoms with Crippen LogP contribution in [0.2, 0.25) is 5.02 Å². The Balaban J connectivity index is 2.12. The summed E-state index contributed by atoms with van der Waals surface area (Å²) in [7, 11) is 0. The molecule has 5 heteroatoms. The zero-order valence-corrected chi connectivity index (χ0v) is 11.9. The molecule has 0 amide bonds. The SMILES string of the molecule is Cc1ccc(F)c(C(N)c2cc3cc(Cl)ccc3o2)c1F. The van der Waals surface area contributed by atoms with Gasteiger partial charge in [0.05, 0.1) is 6.04 Å². The van der Waals surface area contributed by atoms with Gasteiger partial charge in [0.15, 0.2) is 0 Å². The van der Waals surface area contributed by atoms with Crippen LogP contribution in [0.4, 0.5) is 8.78 Å². The molecule has 0 spiro atoms. The Kier molecular flexibility index (Phi) is 3.43. The first-order valence-corrected chi connectivity index (χ1v) is 6.74. The number of fused-ring (bicyclic) bond motifs is 1. The minimum absolute atomic E-state index is 0.194. The molecule has 2 aromatic carbocycles. The van der Waals surface area contributed by atoms with Crippen LogP contribution in [-0.4, -0.2) is 0 Å². The van der Waals surface area contributed by atoms with Crippen LogP contribution in [0.25, 0.3) is 11.0 Å². The van der Waals surface area contributed by atoms with Crippen LogP contribution >= 0.6 is 11.6 Å². The number of furan rings is 1. The molecule has 0 saturated carbocycles. The maximum Gasteiger partial charge on any atom is 0.134 e. The van der Waals surface area contributed by atoms with Crippen molar-refractivity contribution in [2.45, 2.75) is 13.0 Å². The third kappa shape index (κ3) is 2.41. The summed E-state index contributed by atoms with van der Waals surface area (Å²) in [6.07, 6.45) is 0. The van der Waals surface area contributed by atoms with Crippen molar-refractivity contribution in [3.05, 3.63) is 69.9 Å². The van der Waals surface area contributed by atoms with E-state index in [0.717, 1.165) is 5.39 Å². The molecule has 0 aliphatic carbocycles. The number of nitrogens with two attached hydrogens (primary N) is 1. The van der Waals surface area contributed by atoms with E-state index in [1.165, 1.54) is 12.1 Å². The van der Waals surface area contributed by atoms with Crippen LogP contribution in [-0.2, 0) is 0 Å². The van der Waals surface area contributed by atoms with Gasteiger partial charge in [-0.2, -0.15) is 0 Å². The smallest absolute Gasteiger partial charge is 0.134 e. The second kappa shape index (κ2) is 5.13. The van der Waals surface area contributed by atoms with Crippen LogP contribution < -0.4 is 5.73 Å². The van der Waals surface area contributed by atoms with Gasteiger partial charge >= 0.3 is 0 Å². The summed E-state index contributed by atoms with van der Waals surface area (Å²) in [4.78, 5) is 0. The number of hydrogen-bond acceptors (Lipinski definition) is 2. The highest BCUT2D eigenvalue weighted by molar-refractivity contribution is 6.31. The van der Waals surface area contributed by atoms with Crippen LogP contribution in [0.1, 0.15) is 22.9 Å². The molecule has 0 aliphatic rings. The van der Waals surface area contributed by atoms with Gasteiger partial charge in [-0.25, -0.2) is 8.78 Å². The molecule has 2 nitrogen and oxygen atoms in total. The predicted octanol–water partition coefficient (Wildman–Crippen LogP) is 4.72. The Labute approximate surface area is 125 Å². The van der Waals surface area contributed by atoms with Crippen molar-refractivity contribution in [3.8, 4) is 0 Å². The monoisotopic (exact) mass is 307 g/mol. The van der Waals surface area contributed by atoms with Gasteiger partial charge in [0.2, 0.25) is 0 Å². The van der Waals surface area contributed by atoms with Gasteiger partial charge in [-0.3, -0.25) is 0 Å². The molecule has 21 heavy (non-hydrogen) atoms.